The van der Waals surface area contributed by atoms with Crippen molar-refractivity contribution in [1.82, 2.24) is 9.78 Å². The lowest BCUT2D eigenvalue weighted by Crippen LogP contribution is -2.18. The Labute approximate surface area is 178 Å². The standard InChI is InChI=1S/C22H20ClFN4O2/c1-13(2)28-12-17(21(27-28)16-8-3-4-9-18(16)24)22(30)26-19(11-20(25)29)14-6-5-7-15(23)10-14/h3-10,12-13H,11H2,1-2H3,(H2,25,29). The van der Waals surface area contributed by atoms with Crippen molar-refractivity contribution in [2.24, 2.45) is 10.7 Å². The summed E-state index contributed by atoms with van der Waals surface area (Å²) in [5, 5.41) is 4.82. The molecule has 2 amide bonds. The van der Waals surface area contributed by atoms with Crippen LogP contribution in [0.25, 0.3) is 11.3 Å². The van der Waals surface area contributed by atoms with E-state index in [-0.39, 0.29) is 35.0 Å². The molecule has 30 heavy (non-hydrogen) atoms. The van der Waals surface area contributed by atoms with Crippen LogP contribution in [0.15, 0.2) is 59.7 Å². The van der Waals surface area contributed by atoms with Gasteiger partial charge in [-0.3, -0.25) is 14.3 Å². The van der Waals surface area contributed by atoms with E-state index in [9.17, 15) is 14.0 Å². The highest BCUT2D eigenvalue weighted by Crippen LogP contribution is 2.27. The summed E-state index contributed by atoms with van der Waals surface area (Å²) in [6.45, 7) is 3.78. The third-order valence-electron chi connectivity index (χ3n) is 4.36. The smallest absolute Gasteiger partial charge is 0.281 e. The number of nitrogens with two attached hydrogens (primary N) is 1. The van der Waals surface area contributed by atoms with Gasteiger partial charge in [-0.05, 0) is 43.7 Å². The monoisotopic (exact) mass is 426 g/mol. The molecule has 0 unspecified atom stereocenters. The summed E-state index contributed by atoms with van der Waals surface area (Å²) in [5.74, 6) is -1.80. The van der Waals surface area contributed by atoms with Crippen molar-refractivity contribution in [3.8, 4) is 11.3 Å². The molecule has 3 rings (SSSR count). The average molecular weight is 427 g/mol. The summed E-state index contributed by atoms with van der Waals surface area (Å²) in [6.07, 6.45) is 1.28. The SMILES string of the molecule is CC(C)n1cc(C(=O)N=C(CC(N)=O)c2cccc(Cl)c2)c(-c2ccccc2F)n1. The molecule has 0 fully saturated rings. The first kappa shape index (κ1) is 21.4. The molecule has 3 aromatic rings. The van der Waals surface area contributed by atoms with Gasteiger partial charge in [-0.15, -0.1) is 0 Å². The van der Waals surface area contributed by atoms with E-state index in [1.54, 1.807) is 47.1 Å². The van der Waals surface area contributed by atoms with Gasteiger partial charge in [-0.25, -0.2) is 9.38 Å². The highest BCUT2D eigenvalue weighted by Gasteiger charge is 2.22. The summed E-state index contributed by atoms with van der Waals surface area (Å²) >= 11 is 6.03. The van der Waals surface area contributed by atoms with Crippen molar-refractivity contribution in [1.29, 1.82) is 0 Å². The van der Waals surface area contributed by atoms with E-state index < -0.39 is 17.6 Å². The highest BCUT2D eigenvalue weighted by molar-refractivity contribution is 6.31. The number of hydrogen-bond acceptors (Lipinski definition) is 3. The molecule has 0 aliphatic rings. The van der Waals surface area contributed by atoms with Crippen LogP contribution in [-0.2, 0) is 4.79 Å². The Hall–Kier alpha value is -3.32. The molecule has 1 heterocycles. The quantitative estimate of drug-likeness (QED) is 0.591. The average Bonchev–Trinajstić information content (AvgIpc) is 3.13. The van der Waals surface area contributed by atoms with Gasteiger partial charge in [-0.2, -0.15) is 5.10 Å². The van der Waals surface area contributed by atoms with E-state index in [0.29, 0.717) is 10.6 Å². The lowest BCUT2D eigenvalue weighted by atomic mass is 10.1. The van der Waals surface area contributed by atoms with E-state index in [4.69, 9.17) is 17.3 Å². The zero-order valence-electron chi connectivity index (χ0n) is 16.5. The summed E-state index contributed by atoms with van der Waals surface area (Å²) in [5.41, 5.74) is 6.50. The minimum Gasteiger partial charge on any atom is -0.369 e. The third-order valence-corrected chi connectivity index (χ3v) is 4.59. The number of rotatable bonds is 6. The zero-order chi connectivity index (χ0) is 21.8. The number of aromatic nitrogens is 2. The van der Waals surface area contributed by atoms with E-state index in [2.05, 4.69) is 10.1 Å². The van der Waals surface area contributed by atoms with E-state index in [1.165, 1.54) is 12.3 Å². The topological polar surface area (TPSA) is 90.3 Å². The van der Waals surface area contributed by atoms with Crippen molar-refractivity contribution in [3.63, 3.8) is 0 Å². The first-order valence-electron chi connectivity index (χ1n) is 9.26. The highest BCUT2D eigenvalue weighted by atomic mass is 35.5. The Morgan fingerprint density at radius 1 is 1.20 bits per heavy atom. The van der Waals surface area contributed by atoms with Crippen LogP contribution >= 0.6 is 11.6 Å². The molecule has 0 radical (unpaired) electrons. The molecule has 0 saturated heterocycles. The number of nitrogens with zero attached hydrogens (tertiary/aromatic N) is 3. The van der Waals surface area contributed by atoms with Gasteiger partial charge in [0.05, 0.1) is 17.7 Å². The van der Waals surface area contributed by atoms with Gasteiger partial charge in [0, 0.05) is 22.8 Å². The minimum absolute atomic E-state index is 0.0564. The number of primary amides is 1. The predicted octanol–water partition coefficient (Wildman–Crippen LogP) is 4.43. The van der Waals surface area contributed by atoms with Crippen LogP contribution in [-0.4, -0.2) is 27.3 Å². The number of carbonyl (C=O) groups is 2. The number of benzene rings is 2. The van der Waals surface area contributed by atoms with Crippen LogP contribution in [0.4, 0.5) is 4.39 Å². The molecule has 2 aromatic carbocycles. The second-order valence-corrected chi connectivity index (χ2v) is 7.40. The molecule has 154 valence electrons. The zero-order valence-corrected chi connectivity index (χ0v) is 17.2. The largest absolute Gasteiger partial charge is 0.369 e. The molecule has 2 N–H and O–H groups in total. The molecule has 0 spiro atoms. The van der Waals surface area contributed by atoms with Crippen molar-refractivity contribution in [2.45, 2.75) is 26.3 Å². The molecule has 0 aliphatic carbocycles. The molecule has 0 aliphatic heterocycles. The van der Waals surface area contributed by atoms with Crippen LogP contribution in [0.2, 0.25) is 5.02 Å². The number of amides is 2. The Kier molecular flexibility index (Phi) is 6.42. The first-order chi connectivity index (χ1) is 14.3. The Balaban J connectivity index is 2.12. The number of aliphatic imine (C=N–C) groups is 1. The van der Waals surface area contributed by atoms with Crippen molar-refractivity contribution >= 4 is 29.1 Å². The summed E-state index contributed by atoms with van der Waals surface area (Å²) < 4.78 is 16.0. The Morgan fingerprint density at radius 3 is 2.57 bits per heavy atom. The van der Waals surface area contributed by atoms with Gasteiger partial charge in [0.2, 0.25) is 5.91 Å². The van der Waals surface area contributed by atoms with E-state index in [1.807, 2.05) is 13.8 Å². The maximum Gasteiger partial charge on any atom is 0.281 e. The van der Waals surface area contributed by atoms with Gasteiger partial charge in [0.25, 0.3) is 5.91 Å². The molecule has 0 atom stereocenters. The fourth-order valence-electron chi connectivity index (χ4n) is 2.89. The molecule has 0 bridgehead atoms. The van der Waals surface area contributed by atoms with Crippen molar-refractivity contribution < 1.29 is 14.0 Å². The lowest BCUT2D eigenvalue weighted by molar-refractivity contribution is -0.116. The van der Waals surface area contributed by atoms with Gasteiger partial charge in [0.1, 0.15) is 11.5 Å². The van der Waals surface area contributed by atoms with E-state index >= 15 is 0 Å². The van der Waals surface area contributed by atoms with Gasteiger partial charge < -0.3 is 5.73 Å². The Morgan fingerprint density at radius 2 is 1.93 bits per heavy atom. The van der Waals surface area contributed by atoms with Gasteiger partial charge in [-0.1, -0.05) is 35.9 Å². The van der Waals surface area contributed by atoms with Crippen molar-refractivity contribution in [3.05, 3.63) is 76.7 Å². The summed E-state index contributed by atoms with van der Waals surface area (Å²) in [7, 11) is 0. The second-order valence-electron chi connectivity index (χ2n) is 6.96. The fraction of sp³-hybridized carbons (Fsp3) is 0.182. The van der Waals surface area contributed by atoms with Crippen molar-refractivity contribution in [2.75, 3.05) is 0 Å². The van der Waals surface area contributed by atoms with Gasteiger partial charge >= 0.3 is 0 Å². The molecule has 1 aromatic heterocycles. The minimum atomic E-state index is -0.656. The van der Waals surface area contributed by atoms with Crippen LogP contribution in [0.5, 0.6) is 0 Å². The normalized spacial score (nSPS) is 11.7. The summed E-state index contributed by atoms with van der Waals surface area (Å²) in [6, 6.07) is 12.6. The number of halogens is 2. The number of carbonyl (C=O) groups excluding carboxylic acids is 2. The molecule has 6 nitrogen and oxygen atoms in total. The van der Waals surface area contributed by atoms with Crippen LogP contribution in [0.3, 0.4) is 0 Å². The van der Waals surface area contributed by atoms with Crippen LogP contribution in [0, 0.1) is 5.82 Å². The first-order valence-corrected chi connectivity index (χ1v) is 9.64. The fourth-order valence-corrected chi connectivity index (χ4v) is 3.08. The molecule has 0 saturated carbocycles. The van der Waals surface area contributed by atoms with Gasteiger partial charge in [0.15, 0.2) is 0 Å². The van der Waals surface area contributed by atoms with Crippen LogP contribution < -0.4 is 5.73 Å². The maximum absolute atomic E-state index is 14.4. The lowest BCUT2D eigenvalue weighted by Gasteiger charge is -2.06. The van der Waals surface area contributed by atoms with Crippen LogP contribution in [0.1, 0.15) is 42.2 Å². The molecular formula is C22H20ClFN4O2. The number of hydrogen-bond donors (Lipinski definition) is 1. The molecule has 8 heteroatoms. The third kappa shape index (κ3) is 4.80. The second kappa shape index (κ2) is 9.00. The molecular weight excluding hydrogens is 407 g/mol. The predicted molar refractivity (Wildman–Crippen MR) is 114 cm³/mol. The maximum atomic E-state index is 14.4. The Bertz CT molecular complexity index is 1140. The summed E-state index contributed by atoms with van der Waals surface area (Å²) in [4.78, 5) is 28.8. The van der Waals surface area contributed by atoms with E-state index in [0.717, 1.165) is 0 Å².